The normalized spacial score (nSPS) is 9.89. The molecule has 18 heavy (non-hydrogen) atoms. The van der Waals surface area contributed by atoms with E-state index >= 15 is 0 Å². The van der Waals surface area contributed by atoms with E-state index in [4.69, 9.17) is 23.3 Å². The molecule has 0 aliphatic rings. The first kappa shape index (κ1) is 19.5. The van der Waals surface area contributed by atoms with Crippen LogP contribution in [0.15, 0.2) is 24.4 Å². The maximum absolute atomic E-state index is 8.52. The Balaban J connectivity index is 0. The Labute approximate surface area is 125 Å². The van der Waals surface area contributed by atoms with Crippen LogP contribution in [0.1, 0.15) is 5.69 Å². The van der Waals surface area contributed by atoms with Gasteiger partial charge < -0.3 is 14.8 Å². The monoisotopic (exact) mass is 302 g/mol. The van der Waals surface area contributed by atoms with Crippen molar-refractivity contribution in [2.75, 3.05) is 0 Å². The summed E-state index contributed by atoms with van der Waals surface area (Å²) in [5, 5.41) is 2.94. The summed E-state index contributed by atoms with van der Waals surface area (Å²) in [6.45, 7) is 0. The largest absolute Gasteiger partial charge is 2.00 e. The van der Waals surface area contributed by atoms with Gasteiger partial charge in [-0.2, -0.15) is 0 Å². The van der Waals surface area contributed by atoms with E-state index < -0.39 is 10.4 Å². The van der Waals surface area contributed by atoms with E-state index in [1.165, 1.54) is 0 Å². The van der Waals surface area contributed by atoms with Gasteiger partial charge in [0, 0.05) is 22.5 Å². The Kier molecular flexibility index (Phi) is 10.9. The van der Waals surface area contributed by atoms with Crippen LogP contribution in [0.5, 0.6) is 0 Å². The number of rotatable bonds is 2. The minimum absolute atomic E-state index is 0. The summed E-state index contributed by atoms with van der Waals surface area (Å²) in [5.74, 6) is 0. The summed E-state index contributed by atoms with van der Waals surface area (Å²) >= 11 is 4.58. The Bertz CT molecular complexity index is 471. The van der Waals surface area contributed by atoms with Crippen LogP contribution >= 0.6 is 12.2 Å². The van der Waals surface area contributed by atoms with E-state index in [1.807, 2.05) is 24.4 Å². The molecule has 8 nitrogen and oxygen atoms in total. The topological polar surface area (TPSA) is 146 Å². The summed E-state index contributed by atoms with van der Waals surface area (Å²) in [6, 6.07) is 5.73. The predicted molar refractivity (Wildman–Crippen MR) is 65.3 cm³/mol. The number of hydrogen-bond donors (Lipinski definition) is 3. The fraction of sp³-hybridized carbons (Fsp3) is 0. The molecule has 0 radical (unpaired) electrons. The number of thiocarbonyl (C=S) groups is 1. The van der Waals surface area contributed by atoms with Crippen molar-refractivity contribution in [3.05, 3.63) is 30.1 Å². The maximum atomic E-state index is 8.52. The molecule has 94 valence electrons. The Morgan fingerprint density at radius 2 is 2.06 bits per heavy atom. The van der Waals surface area contributed by atoms with E-state index in [-0.39, 0.29) is 28.2 Å². The molecule has 0 aliphatic carbocycles. The zero-order valence-electron chi connectivity index (χ0n) is 9.12. The van der Waals surface area contributed by atoms with Gasteiger partial charge in [0.2, 0.25) is 5.11 Å². The SMILES string of the molecule is NC(=S)N[NH+]=Cc1cccc[nH+]1.O=S(=O)([O-])[O-].[Mg+2]. The number of pyridine rings is 1. The third-order valence-corrected chi connectivity index (χ3v) is 1.26. The summed E-state index contributed by atoms with van der Waals surface area (Å²) in [7, 11) is -5.17. The van der Waals surface area contributed by atoms with Gasteiger partial charge in [-0.25, -0.2) is 4.98 Å². The van der Waals surface area contributed by atoms with Gasteiger partial charge in [-0.3, -0.25) is 8.42 Å². The van der Waals surface area contributed by atoms with Crippen molar-refractivity contribution in [2.45, 2.75) is 0 Å². The fourth-order valence-corrected chi connectivity index (χ4v) is 0.741. The molecular weight excluding hydrogens is 293 g/mol. The molecule has 0 saturated heterocycles. The third kappa shape index (κ3) is 17.5. The van der Waals surface area contributed by atoms with Crippen LogP contribution < -0.4 is 21.2 Å². The number of H-pyrrole nitrogens is 1. The minimum Gasteiger partial charge on any atom is -0.759 e. The molecule has 0 spiro atoms. The van der Waals surface area contributed by atoms with Crippen molar-refractivity contribution >= 4 is 57.0 Å². The first-order valence-corrected chi connectivity index (χ1v) is 5.81. The van der Waals surface area contributed by atoms with Gasteiger partial charge in [-0.1, -0.05) is 0 Å². The van der Waals surface area contributed by atoms with Crippen molar-refractivity contribution in [3.8, 4) is 0 Å². The molecule has 0 amide bonds. The molecule has 1 aromatic heterocycles. The molecule has 0 atom stereocenters. The van der Waals surface area contributed by atoms with Crippen LogP contribution in [0, 0.1) is 0 Å². The smallest absolute Gasteiger partial charge is 0.759 e. The molecule has 0 unspecified atom stereocenters. The second-order valence-corrected chi connectivity index (χ2v) is 3.76. The summed E-state index contributed by atoms with van der Waals surface area (Å²) in [5.41, 5.74) is 8.69. The predicted octanol–water partition coefficient (Wildman–Crippen LogP) is -3.97. The average Bonchev–Trinajstić information content (AvgIpc) is 2.16. The van der Waals surface area contributed by atoms with Gasteiger partial charge in [0.05, 0.1) is 0 Å². The first-order valence-electron chi connectivity index (χ1n) is 4.06. The van der Waals surface area contributed by atoms with Crippen molar-refractivity contribution in [3.63, 3.8) is 0 Å². The summed E-state index contributed by atoms with van der Waals surface area (Å²) < 4.78 is 34.1. The number of hydrazine groups is 1. The number of aromatic nitrogens is 1. The van der Waals surface area contributed by atoms with Gasteiger partial charge in [0.25, 0.3) is 11.9 Å². The number of nitrogens with one attached hydrogen (secondary N) is 3. The van der Waals surface area contributed by atoms with Crippen molar-refractivity contribution < 1.29 is 27.6 Å². The molecule has 1 heterocycles. The average molecular weight is 303 g/mol. The Morgan fingerprint density at radius 3 is 2.44 bits per heavy atom. The van der Waals surface area contributed by atoms with E-state index in [2.05, 4.69) is 27.7 Å². The van der Waals surface area contributed by atoms with Crippen LogP contribution in [0.2, 0.25) is 0 Å². The molecule has 5 N–H and O–H groups in total. The zero-order valence-corrected chi connectivity index (χ0v) is 12.2. The number of aromatic amines is 1. The van der Waals surface area contributed by atoms with Gasteiger partial charge in [-0.05, 0) is 18.3 Å². The third-order valence-electron chi connectivity index (χ3n) is 1.16. The quantitative estimate of drug-likeness (QED) is 0.126. The van der Waals surface area contributed by atoms with E-state index in [0.717, 1.165) is 5.69 Å². The molecule has 0 aromatic carbocycles. The van der Waals surface area contributed by atoms with Crippen molar-refractivity contribution in [1.82, 2.24) is 5.43 Å². The van der Waals surface area contributed by atoms with Gasteiger partial charge in [0.15, 0.2) is 6.20 Å². The molecule has 0 bridgehead atoms. The van der Waals surface area contributed by atoms with E-state index in [1.54, 1.807) is 6.21 Å². The molecule has 1 aromatic rings. The van der Waals surface area contributed by atoms with Gasteiger partial charge in [0.1, 0.15) is 0 Å². The Hall–Kier alpha value is -0.854. The molecule has 0 saturated carbocycles. The van der Waals surface area contributed by atoms with Gasteiger partial charge >= 0.3 is 23.1 Å². The summed E-state index contributed by atoms with van der Waals surface area (Å²) in [6.07, 6.45) is 3.55. The standard InChI is InChI=1S/C7H8N4S.Mg.H2O4S/c8-7(12)11-10-5-6-3-1-2-4-9-6;;1-5(2,3)4/h1-5H,(H3,8,11,12);;(H2,1,2,3,4)/q;+2;. The number of hydrazone groups is 1. The van der Waals surface area contributed by atoms with E-state index in [0.29, 0.717) is 0 Å². The van der Waals surface area contributed by atoms with Crippen molar-refractivity contribution in [1.29, 1.82) is 0 Å². The van der Waals surface area contributed by atoms with Gasteiger partial charge in [-0.15, -0.1) is 10.5 Å². The maximum Gasteiger partial charge on any atom is 2.00 e. The van der Waals surface area contributed by atoms with Crippen molar-refractivity contribution in [2.24, 2.45) is 5.73 Å². The minimum atomic E-state index is -5.17. The molecule has 0 aliphatic heterocycles. The van der Waals surface area contributed by atoms with E-state index in [9.17, 15) is 0 Å². The molecule has 1 rings (SSSR count). The zero-order chi connectivity index (χ0) is 13.3. The number of nitrogens with two attached hydrogens (primary N) is 1. The van der Waals surface area contributed by atoms with Crippen LogP contribution in [-0.2, 0) is 10.4 Å². The summed E-state index contributed by atoms with van der Waals surface area (Å²) in [4.78, 5) is 3.00. The first-order chi connectivity index (χ1) is 7.79. The Morgan fingerprint density at radius 1 is 1.50 bits per heavy atom. The molecule has 0 fully saturated rings. The van der Waals surface area contributed by atoms with Crippen LogP contribution in [0.4, 0.5) is 0 Å². The second kappa shape index (κ2) is 10.1. The second-order valence-electron chi connectivity index (χ2n) is 2.50. The van der Waals surface area contributed by atoms with Crippen LogP contribution in [0.25, 0.3) is 0 Å². The molecule has 11 heteroatoms. The molecular formula is C7H10MgN4O4S2+2. The van der Waals surface area contributed by atoms with Crippen LogP contribution in [0.3, 0.4) is 0 Å². The number of hydrogen-bond acceptors (Lipinski definition) is 5. The fourth-order valence-electron chi connectivity index (χ4n) is 0.682. The van der Waals surface area contributed by atoms with Crippen LogP contribution in [-0.4, -0.2) is 51.9 Å².